The molecule has 0 aliphatic carbocycles. The van der Waals surface area contributed by atoms with Gasteiger partial charge in [-0.15, -0.1) is 0 Å². The average Bonchev–Trinajstić information content (AvgIpc) is 2.49. The van der Waals surface area contributed by atoms with Crippen molar-refractivity contribution in [3.05, 3.63) is 30.1 Å². The monoisotopic (exact) mass is 211 g/mol. The average molecular weight is 211 g/mol. The van der Waals surface area contributed by atoms with Gasteiger partial charge in [0.25, 0.3) is 5.24 Å². The smallest absolute Gasteiger partial charge is 0.286 e. The lowest BCUT2D eigenvalue weighted by Crippen LogP contribution is -2.30. The Bertz CT molecular complexity index is 352. The minimum Gasteiger partial charge on any atom is -0.300 e. The summed E-state index contributed by atoms with van der Waals surface area (Å²) >= 11 is 1.31. The summed E-state index contributed by atoms with van der Waals surface area (Å²) in [6.07, 6.45) is 0. The number of anilines is 1. The fraction of sp³-hybridized carbons (Fsp3) is 0.300. The number of rotatable bonds is 1. The summed E-state index contributed by atoms with van der Waals surface area (Å²) in [6.45, 7) is 1.99. The molecule has 1 aromatic rings. The summed E-state index contributed by atoms with van der Waals surface area (Å²) in [7, 11) is 0. The number of carbonyl (C=O) groups excluding carboxylic acids is 1. The van der Waals surface area contributed by atoms with Crippen molar-refractivity contribution in [3.8, 4) is 0 Å². The number of thioether (sulfide) groups is 1. The van der Waals surface area contributed by atoms with Crippen LogP contribution in [0.3, 0.4) is 0 Å². The molecule has 0 aromatic heterocycles. The number of halogens is 1. The second-order valence-electron chi connectivity index (χ2n) is 3.27. The number of hydrogen-bond acceptors (Lipinski definition) is 2. The second kappa shape index (κ2) is 3.61. The highest BCUT2D eigenvalue weighted by molar-refractivity contribution is 8.14. The summed E-state index contributed by atoms with van der Waals surface area (Å²) in [4.78, 5) is 13.2. The van der Waals surface area contributed by atoms with Gasteiger partial charge in [0.2, 0.25) is 0 Å². The third kappa shape index (κ3) is 1.62. The zero-order valence-corrected chi connectivity index (χ0v) is 8.55. The second-order valence-corrected chi connectivity index (χ2v) is 4.24. The van der Waals surface area contributed by atoms with E-state index >= 15 is 0 Å². The predicted octanol–water partition coefficient (Wildman–Crippen LogP) is 2.89. The minimum absolute atomic E-state index is 0.0455. The van der Waals surface area contributed by atoms with E-state index in [1.165, 1.54) is 23.9 Å². The quantitative estimate of drug-likeness (QED) is 0.712. The maximum absolute atomic E-state index is 12.7. The van der Waals surface area contributed by atoms with Gasteiger partial charge >= 0.3 is 0 Å². The molecule has 2 nitrogen and oxygen atoms in total. The molecule has 2 rings (SSSR count). The molecule has 1 saturated heterocycles. The molecule has 0 saturated carbocycles. The lowest BCUT2D eigenvalue weighted by molar-refractivity contribution is 0.265. The molecule has 0 radical (unpaired) electrons. The highest BCUT2D eigenvalue weighted by Crippen LogP contribution is 2.29. The highest BCUT2D eigenvalue weighted by atomic mass is 32.2. The molecule has 0 N–H and O–H groups in total. The van der Waals surface area contributed by atoms with E-state index in [1.54, 1.807) is 17.0 Å². The zero-order valence-electron chi connectivity index (χ0n) is 7.74. The van der Waals surface area contributed by atoms with Gasteiger partial charge in [0.15, 0.2) is 0 Å². The molecular formula is C10H10FNOS. The van der Waals surface area contributed by atoms with Gasteiger partial charge < -0.3 is 0 Å². The largest absolute Gasteiger partial charge is 0.300 e. The first kappa shape index (κ1) is 9.52. The number of carbonyl (C=O) groups is 1. The van der Waals surface area contributed by atoms with Crippen LogP contribution in [-0.2, 0) is 0 Å². The van der Waals surface area contributed by atoms with Gasteiger partial charge in [-0.05, 0) is 31.2 Å². The van der Waals surface area contributed by atoms with Crippen LogP contribution < -0.4 is 4.90 Å². The van der Waals surface area contributed by atoms with Crippen molar-refractivity contribution in [2.45, 2.75) is 13.0 Å². The Kier molecular flexibility index (Phi) is 2.46. The van der Waals surface area contributed by atoms with Crippen LogP contribution in [0, 0.1) is 5.82 Å². The van der Waals surface area contributed by atoms with Crippen LogP contribution in [-0.4, -0.2) is 17.0 Å². The van der Waals surface area contributed by atoms with Crippen molar-refractivity contribution in [3.63, 3.8) is 0 Å². The Morgan fingerprint density at radius 1 is 1.43 bits per heavy atom. The number of benzene rings is 1. The molecule has 1 aliphatic heterocycles. The number of amides is 1. The van der Waals surface area contributed by atoms with Crippen molar-refractivity contribution in [2.24, 2.45) is 0 Å². The molecule has 14 heavy (non-hydrogen) atoms. The Labute approximate surface area is 86.1 Å². The van der Waals surface area contributed by atoms with E-state index < -0.39 is 0 Å². The van der Waals surface area contributed by atoms with Crippen LogP contribution in [0.1, 0.15) is 6.92 Å². The lowest BCUT2D eigenvalue weighted by atomic mass is 10.2. The van der Waals surface area contributed by atoms with Crippen LogP contribution in [0.4, 0.5) is 14.9 Å². The first-order valence-electron chi connectivity index (χ1n) is 4.40. The predicted molar refractivity (Wildman–Crippen MR) is 56.2 cm³/mol. The molecule has 1 aromatic carbocycles. The van der Waals surface area contributed by atoms with E-state index in [0.29, 0.717) is 0 Å². The molecule has 1 heterocycles. The number of hydrogen-bond donors (Lipinski definition) is 0. The normalized spacial score (nSPS) is 21.7. The van der Waals surface area contributed by atoms with Gasteiger partial charge in [-0.2, -0.15) is 0 Å². The van der Waals surface area contributed by atoms with E-state index in [1.807, 2.05) is 6.92 Å². The molecule has 1 aliphatic rings. The van der Waals surface area contributed by atoms with Gasteiger partial charge in [-0.3, -0.25) is 9.69 Å². The summed E-state index contributed by atoms with van der Waals surface area (Å²) in [6, 6.07) is 6.21. The highest BCUT2D eigenvalue weighted by Gasteiger charge is 2.29. The van der Waals surface area contributed by atoms with Crippen molar-refractivity contribution in [2.75, 3.05) is 10.7 Å². The van der Waals surface area contributed by atoms with E-state index in [0.717, 1.165) is 11.4 Å². The topological polar surface area (TPSA) is 20.3 Å². The minimum atomic E-state index is -0.277. The lowest BCUT2D eigenvalue weighted by Gasteiger charge is -2.20. The third-order valence-corrected chi connectivity index (χ3v) is 3.28. The summed E-state index contributed by atoms with van der Waals surface area (Å²) in [5, 5.41) is 0.0455. The Morgan fingerprint density at radius 3 is 2.57 bits per heavy atom. The Hall–Kier alpha value is -1.03. The van der Waals surface area contributed by atoms with Crippen molar-refractivity contribution in [1.82, 2.24) is 0 Å². The van der Waals surface area contributed by atoms with Gasteiger partial charge in [0.05, 0.1) is 0 Å². The summed E-state index contributed by atoms with van der Waals surface area (Å²) in [5.74, 6) is 0.525. The molecule has 0 spiro atoms. The maximum atomic E-state index is 12.7. The Morgan fingerprint density at radius 2 is 2.07 bits per heavy atom. The summed E-state index contributed by atoms with van der Waals surface area (Å²) < 4.78 is 12.7. The maximum Gasteiger partial charge on any atom is 0.286 e. The fourth-order valence-corrected chi connectivity index (χ4v) is 2.43. The van der Waals surface area contributed by atoms with Crippen LogP contribution >= 0.6 is 11.8 Å². The number of nitrogens with zero attached hydrogens (tertiary/aromatic N) is 1. The van der Waals surface area contributed by atoms with Crippen molar-refractivity contribution in [1.29, 1.82) is 0 Å². The molecular weight excluding hydrogens is 201 g/mol. The first-order chi connectivity index (χ1) is 6.68. The molecule has 1 atom stereocenters. The van der Waals surface area contributed by atoms with Crippen molar-refractivity contribution >= 4 is 22.7 Å². The molecule has 1 unspecified atom stereocenters. The fourth-order valence-electron chi connectivity index (χ4n) is 1.48. The van der Waals surface area contributed by atoms with E-state index in [4.69, 9.17) is 0 Å². The van der Waals surface area contributed by atoms with Gasteiger partial charge in [-0.25, -0.2) is 4.39 Å². The molecule has 4 heteroatoms. The van der Waals surface area contributed by atoms with Gasteiger partial charge in [-0.1, -0.05) is 11.8 Å². The van der Waals surface area contributed by atoms with Gasteiger partial charge in [0, 0.05) is 17.5 Å². The van der Waals surface area contributed by atoms with Crippen LogP contribution in [0.2, 0.25) is 0 Å². The van der Waals surface area contributed by atoms with E-state index in [2.05, 4.69) is 0 Å². The van der Waals surface area contributed by atoms with E-state index in [-0.39, 0.29) is 17.1 Å². The SMILES string of the molecule is CC1CSC(=O)N1c1ccc(F)cc1. The van der Waals surface area contributed by atoms with E-state index in [9.17, 15) is 9.18 Å². The van der Waals surface area contributed by atoms with Crippen LogP contribution in [0.15, 0.2) is 24.3 Å². The summed E-state index contributed by atoms with van der Waals surface area (Å²) in [5.41, 5.74) is 0.772. The van der Waals surface area contributed by atoms with Crippen LogP contribution in [0.5, 0.6) is 0 Å². The Balaban J connectivity index is 2.30. The zero-order chi connectivity index (χ0) is 10.1. The first-order valence-corrected chi connectivity index (χ1v) is 5.38. The molecule has 0 bridgehead atoms. The van der Waals surface area contributed by atoms with Crippen LogP contribution in [0.25, 0.3) is 0 Å². The van der Waals surface area contributed by atoms with Crippen molar-refractivity contribution < 1.29 is 9.18 Å². The third-order valence-electron chi connectivity index (χ3n) is 2.19. The molecule has 74 valence electrons. The molecule has 1 amide bonds. The molecule has 1 fully saturated rings. The van der Waals surface area contributed by atoms with Gasteiger partial charge in [0.1, 0.15) is 5.82 Å². The standard InChI is InChI=1S/C10H10FNOS/c1-7-6-14-10(13)12(7)9-4-2-8(11)3-5-9/h2-5,7H,6H2,1H3.